The molecule has 1 heterocycles. The lowest BCUT2D eigenvalue weighted by molar-refractivity contribution is 0.0770. The van der Waals surface area contributed by atoms with E-state index >= 15 is 0 Å². The summed E-state index contributed by atoms with van der Waals surface area (Å²) in [5.41, 5.74) is 1.63. The lowest BCUT2D eigenvalue weighted by Gasteiger charge is -2.45. The highest BCUT2D eigenvalue weighted by Crippen LogP contribution is 2.41. The standard InChI is InChI=1S/C16H23ClN2/c1-12-9-18-16(2,14-6-7-14)11-19(12)10-13-4-3-5-15(17)8-13/h3-5,8,12,14,18H,6-7,9-11H2,1-2H3. The number of benzene rings is 1. The molecule has 1 aliphatic heterocycles. The lowest BCUT2D eigenvalue weighted by atomic mass is 9.91. The molecule has 0 amide bonds. The molecule has 1 aromatic rings. The summed E-state index contributed by atoms with van der Waals surface area (Å²) in [6, 6.07) is 8.84. The number of nitrogens with zero attached hydrogens (tertiary/aromatic N) is 1. The predicted octanol–water partition coefficient (Wildman–Crippen LogP) is 3.30. The monoisotopic (exact) mass is 278 g/mol. The molecular weight excluding hydrogens is 256 g/mol. The van der Waals surface area contributed by atoms with E-state index in [9.17, 15) is 0 Å². The quantitative estimate of drug-likeness (QED) is 0.913. The maximum atomic E-state index is 6.08. The molecule has 2 unspecified atom stereocenters. The molecule has 1 saturated carbocycles. The summed E-state index contributed by atoms with van der Waals surface area (Å²) in [5, 5.41) is 4.60. The van der Waals surface area contributed by atoms with Crippen molar-refractivity contribution in [2.75, 3.05) is 13.1 Å². The number of hydrogen-bond acceptors (Lipinski definition) is 2. The van der Waals surface area contributed by atoms with Crippen molar-refractivity contribution in [3.8, 4) is 0 Å². The molecule has 1 aliphatic carbocycles. The Morgan fingerprint density at radius 3 is 2.89 bits per heavy atom. The van der Waals surface area contributed by atoms with E-state index in [4.69, 9.17) is 11.6 Å². The van der Waals surface area contributed by atoms with Gasteiger partial charge in [-0.3, -0.25) is 4.90 Å². The van der Waals surface area contributed by atoms with Crippen molar-refractivity contribution in [3.05, 3.63) is 34.9 Å². The minimum atomic E-state index is 0.311. The van der Waals surface area contributed by atoms with Gasteiger partial charge in [0.1, 0.15) is 0 Å². The van der Waals surface area contributed by atoms with Crippen LogP contribution < -0.4 is 5.32 Å². The normalized spacial score (nSPS) is 32.5. The van der Waals surface area contributed by atoms with Gasteiger partial charge in [-0.05, 0) is 50.3 Å². The zero-order valence-electron chi connectivity index (χ0n) is 11.8. The van der Waals surface area contributed by atoms with E-state index in [2.05, 4.69) is 36.2 Å². The van der Waals surface area contributed by atoms with Gasteiger partial charge in [-0.1, -0.05) is 23.7 Å². The molecule has 1 N–H and O–H groups in total. The van der Waals surface area contributed by atoms with Gasteiger partial charge in [-0.15, -0.1) is 0 Å². The van der Waals surface area contributed by atoms with Crippen LogP contribution in [0.3, 0.4) is 0 Å². The molecule has 2 atom stereocenters. The number of piperazine rings is 1. The van der Waals surface area contributed by atoms with Gasteiger partial charge in [0.2, 0.25) is 0 Å². The summed E-state index contributed by atoms with van der Waals surface area (Å²) in [4.78, 5) is 2.60. The molecule has 19 heavy (non-hydrogen) atoms. The number of nitrogens with one attached hydrogen (secondary N) is 1. The molecule has 1 aromatic carbocycles. The van der Waals surface area contributed by atoms with Gasteiger partial charge in [-0.2, -0.15) is 0 Å². The first kappa shape index (κ1) is 13.4. The Morgan fingerprint density at radius 1 is 1.42 bits per heavy atom. The maximum absolute atomic E-state index is 6.08. The molecule has 3 heteroatoms. The van der Waals surface area contributed by atoms with Crippen molar-refractivity contribution in [2.45, 2.75) is 44.8 Å². The van der Waals surface area contributed by atoms with Crippen LogP contribution in [0.1, 0.15) is 32.3 Å². The van der Waals surface area contributed by atoms with Crippen LogP contribution in [-0.4, -0.2) is 29.6 Å². The highest BCUT2D eigenvalue weighted by molar-refractivity contribution is 6.30. The van der Waals surface area contributed by atoms with E-state index in [1.165, 1.54) is 18.4 Å². The highest BCUT2D eigenvalue weighted by Gasteiger charge is 2.45. The van der Waals surface area contributed by atoms with Crippen LogP contribution in [0.25, 0.3) is 0 Å². The van der Waals surface area contributed by atoms with Crippen LogP contribution >= 0.6 is 11.6 Å². The summed E-state index contributed by atoms with van der Waals surface area (Å²) in [7, 11) is 0. The Morgan fingerprint density at radius 2 is 2.21 bits per heavy atom. The smallest absolute Gasteiger partial charge is 0.0409 e. The molecule has 2 nitrogen and oxygen atoms in total. The van der Waals surface area contributed by atoms with Gasteiger partial charge in [-0.25, -0.2) is 0 Å². The first-order valence-electron chi connectivity index (χ1n) is 7.30. The summed E-state index contributed by atoms with van der Waals surface area (Å²) in [6.45, 7) is 7.94. The number of halogens is 1. The van der Waals surface area contributed by atoms with Crippen molar-refractivity contribution in [3.63, 3.8) is 0 Å². The van der Waals surface area contributed by atoms with E-state index in [0.717, 1.165) is 30.6 Å². The summed E-state index contributed by atoms with van der Waals surface area (Å²) < 4.78 is 0. The highest BCUT2D eigenvalue weighted by atomic mass is 35.5. The SMILES string of the molecule is CC1CNC(C)(C2CC2)CN1Cc1cccc(Cl)c1. The fourth-order valence-corrected chi connectivity index (χ4v) is 3.43. The van der Waals surface area contributed by atoms with Gasteiger partial charge in [0.05, 0.1) is 0 Å². The van der Waals surface area contributed by atoms with Crippen molar-refractivity contribution in [1.29, 1.82) is 0 Å². The first-order chi connectivity index (χ1) is 9.07. The molecule has 0 aromatic heterocycles. The third kappa shape index (κ3) is 2.96. The van der Waals surface area contributed by atoms with Gasteiger partial charge >= 0.3 is 0 Å². The Balaban J connectivity index is 1.71. The molecule has 3 rings (SSSR count). The average Bonchev–Trinajstić information content (AvgIpc) is 3.19. The third-order valence-electron chi connectivity index (χ3n) is 4.71. The molecule has 0 bridgehead atoms. The zero-order chi connectivity index (χ0) is 13.5. The van der Waals surface area contributed by atoms with Gasteiger partial charge < -0.3 is 5.32 Å². The fourth-order valence-electron chi connectivity index (χ4n) is 3.22. The van der Waals surface area contributed by atoms with E-state index in [1.54, 1.807) is 0 Å². The average molecular weight is 279 g/mol. The van der Waals surface area contributed by atoms with E-state index in [0.29, 0.717) is 11.6 Å². The van der Waals surface area contributed by atoms with Gasteiger partial charge in [0.15, 0.2) is 0 Å². The van der Waals surface area contributed by atoms with Gasteiger partial charge in [0.25, 0.3) is 0 Å². The van der Waals surface area contributed by atoms with Crippen molar-refractivity contribution >= 4 is 11.6 Å². The Kier molecular flexibility index (Phi) is 3.59. The van der Waals surface area contributed by atoms with Crippen LogP contribution in [0.5, 0.6) is 0 Å². The number of hydrogen-bond donors (Lipinski definition) is 1. The second-order valence-corrected chi connectivity index (χ2v) is 6.89. The fraction of sp³-hybridized carbons (Fsp3) is 0.625. The maximum Gasteiger partial charge on any atom is 0.0409 e. The van der Waals surface area contributed by atoms with Crippen LogP contribution in [0.15, 0.2) is 24.3 Å². The molecule has 0 radical (unpaired) electrons. The predicted molar refractivity (Wildman–Crippen MR) is 80.5 cm³/mol. The minimum Gasteiger partial charge on any atom is -0.308 e. The van der Waals surface area contributed by atoms with Crippen LogP contribution in [-0.2, 0) is 6.54 Å². The summed E-state index contributed by atoms with van der Waals surface area (Å²) >= 11 is 6.08. The second kappa shape index (κ2) is 5.08. The molecule has 2 aliphatic rings. The van der Waals surface area contributed by atoms with Gasteiger partial charge in [0, 0.05) is 36.2 Å². The molecule has 104 valence electrons. The minimum absolute atomic E-state index is 0.311. The topological polar surface area (TPSA) is 15.3 Å². The summed E-state index contributed by atoms with van der Waals surface area (Å²) in [5.74, 6) is 0.877. The third-order valence-corrected chi connectivity index (χ3v) is 4.94. The number of rotatable bonds is 3. The molecule has 0 spiro atoms. The largest absolute Gasteiger partial charge is 0.308 e. The zero-order valence-corrected chi connectivity index (χ0v) is 12.6. The molecule has 2 fully saturated rings. The Bertz CT molecular complexity index is 458. The van der Waals surface area contributed by atoms with Crippen LogP contribution in [0.2, 0.25) is 5.02 Å². The van der Waals surface area contributed by atoms with Crippen molar-refractivity contribution in [1.82, 2.24) is 10.2 Å². The summed E-state index contributed by atoms with van der Waals surface area (Å²) in [6.07, 6.45) is 2.78. The van der Waals surface area contributed by atoms with Crippen molar-refractivity contribution < 1.29 is 0 Å². The second-order valence-electron chi connectivity index (χ2n) is 6.46. The van der Waals surface area contributed by atoms with Crippen molar-refractivity contribution in [2.24, 2.45) is 5.92 Å². The Labute approximate surface area is 121 Å². The molecular formula is C16H23ClN2. The first-order valence-corrected chi connectivity index (χ1v) is 7.68. The van der Waals surface area contributed by atoms with Crippen LogP contribution in [0, 0.1) is 5.92 Å². The van der Waals surface area contributed by atoms with Crippen LogP contribution in [0.4, 0.5) is 0 Å². The van der Waals surface area contributed by atoms with E-state index < -0.39 is 0 Å². The lowest BCUT2D eigenvalue weighted by Crippen LogP contribution is -2.62. The van der Waals surface area contributed by atoms with E-state index in [-0.39, 0.29) is 0 Å². The molecule has 1 saturated heterocycles. The Hall–Kier alpha value is -0.570. The van der Waals surface area contributed by atoms with E-state index in [1.807, 2.05) is 12.1 Å².